The predicted molar refractivity (Wildman–Crippen MR) is 58.5 cm³/mol. The van der Waals surface area contributed by atoms with Crippen molar-refractivity contribution < 1.29 is 0 Å². The lowest BCUT2D eigenvalue weighted by Crippen LogP contribution is -2.00. The van der Waals surface area contributed by atoms with Crippen molar-refractivity contribution in [1.82, 2.24) is 9.97 Å². The topological polar surface area (TPSA) is 73.4 Å². The van der Waals surface area contributed by atoms with Crippen molar-refractivity contribution in [2.45, 2.75) is 5.92 Å². The summed E-state index contributed by atoms with van der Waals surface area (Å²) in [6.07, 6.45) is 0. The van der Waals surface area contributed by atoms with Crippen LogP contribution < -0.4 is 0 Å². The number of nitrogens with zero attached hydrogens (tertiary/aromatic N) is 4. The van der Waals surface area contributed by atoms with E-state index in [2.05, 4.69) is 9.97 Å². The van der Waals surface area contributed by atoms with Crippen molar-refractivity contribution in [3.63, 3.8) is 0 Å². The molecule has 0 aliphatic heterocycles. The molecule has 0 fully saturated rings. The second kappa shape index (κ2) is 4.14. The molecule has 0 unspecified atom stereocenters. The molecule has 0 aliphatic carbocycles. The zero-order valence-corrected chi connectivity index (χ0v) is 8.81. The van der Waals surface area contributed by atoms with Crippen LogP contribution in [0.25, 0.3) is 11.0 Å². The first-order chi connectivity index (χ1) is 7.76. The van der Waals surface area contributed by atoms with Gasteiger partial charge in [0.2, 0.25) is 0 Å². The molecule has 1 aromatic carbocycles. The number of rotatable bonds is 1. The van der Waals surface area contributed by atoms with Gasteiger partial charge >= 0.3 is 0 Å². The lowest BCUT2D eigenvalue weighted by atomic mass is 10.1. The summed E-state index contributed by atoms with van der Waals surface area (Å²) in [6, 6.07) is 10.8. The van der Waals surface area contributed by atoms with Crippen LogP contribution in [-0.2, 0) is 0 Å². The second-order valence-corrected chi connectivity index (χ2v) is 3.44. The highest BCUT2D eigenvalue weighted by atomic mass is 35.5. The van der Waals surface area contributed by atoms with Gasteiger partial charge in [-0.3, -0.25) is 0 Å². The first-order valence-corrected chi connectivity index (χ1v) is 4.85. The van der Waals surface area contributed by atoms with Crippen LogP contribution >= 0.6 is 11.6 Å². The van der Waals surface area contributed by atoms with Gasteiger partial charge in [-0.15, -0.1) is 0 Å². The van der Waals surface area contributed by atoms with E-state index in [4.69, 9.17) is 22.1 Å². The molecule has 1 aromatic heterocycles. The third-order valence-electron chi connectivity index (χ3n) is 2.08. The standard InChI is InChI=1S/C11H5ClN4/c12-11-10(7(5-13)6-14)15-8-3-1-2-4-9(8)16-11/h1-4,7H. The van der Waals surface area contributed by atoms with Gasteiger partial charge in [0, 0.05) is 0 Å². The van der Waals surface area contributed by atoms with E-state index in [0.29, 0.717) is 11.0 Å². The average molecular weight is 229 g/mol. The molecule has 0 saturated heterocycles. The van der Waals surface area contributed by atoms with Crippen LogP contribution in [0.5, 0.6) is 0 Å². The molecular weight excluding hydrogens is 224 g/mol. The number of para-hydroxylation sites is 2. The molecule has 0 radical (unpaired) electrons. The summed E-state index contributed by atoms with van der Waals surface area (Å²) in [6.45, 7) is 0. The van der Waals surface area contributed by atoms with Crippen LogP contribution in [0.2, 0.25) is 5.15 Å². The zero-order chi connectivity index (χ0) is 11.5. The fourth-order valence-electron chi connectivity index (χ4n) is 1.33. The Hall–Kier alpha value is -2.17. The summed E-state index contributed by atoms with van der Waals surface area (Å²) in [5.41, 5.74) is 1.48. The maximum absolute atomic E-state index is 8.78. The first-order valence-electron chi connectivity index (χ1n) is 4.47. The van der Waals surface area contributed by atoms with Crippen molar-refractivity contribution in [3.05, 3.63) is 35.1 Å². The third-order valence-corrected chi connectivity index (χ3v) is 2.36. The number of fused-ring (bicyclic) bond motifs is 1. The van der Waals surface area contributed by atoms with Gasteiger partial charge in [0.15, 0.2) is 11.1 Å². The smallest absolute Gasteiger partial charge is 0.178 e. The monoisotopic (exact) mass is 228 g/mol. The molecule has 0 saturated carbocycles. The Bertz CT molecular complexity index is 610. The Labute approximate surface area is 96.7 Å². The van der Waals surface area contributed by atoms with E-state index in [1.165, 1.54) is 0 Å². The van der Waals surface area contributed by atoms with E-state index >= 15 is 0 Å². The van der Waals surface area contributed by atoms with E-state index in [9.17, 15) is 0 Å². The van der Waals surface area contributed by atoms with Gasteiger partial charge in [-0.1, -0.05) is 23.7 Å². The van der Waals surface area contributed by atoms with Gasteiger partial charge in [0.05, 0.1) is 23.2 Å². The Balaban J connectivity index is 2.69. The van der Waals surface area contributed by atoms with Crippen LogP contribution in [-0.4, -0.2) is 9.97 Å². The molecule has 76 valence electrons. The van der Waals surface area contributed by atoms with Crippen molar-refractivity contribution in [3.8, 4) is 12.1 Å². The summed E-state index contributed by atoms with van der Waals surface area (Å²) in [5, 5.41) is 17.7. The molecule has 2 rings (SSSR count). The summed E-state index contributed by atoms with van der Waals surface area (Å²) >= 11 is 5.88. The highest BCUT2D eigenvalue weighted by Crippen LogP contribution is 2.22. The third kappa shape index (κ3) is 1.67. The molecule has 0 aliphatic rings. The molecule has 4 nitrogen and oxygen atoms in total. The lowest BCUT2D eigenvalue weighted by molar-refractivity contribution is 1.01. The summed E-state index contributed by atoms with van der Waals surface area (Å²) < 4.78 is 0. The Kier molecular flexibility index (Phi) is 2.68. The number of aromatic nitrogens is 2. The fourth-order valence-corrected chi connectivity index (χ4v) is 1.57. The Morgan fingerprint density at radius 3 is 2.19 bits per heavy atom. The lowest BCUT2D eigenvalue weighted by Gasteiger charge is -2.04. The highest BCUT2D eigenvalue weighted by molar-refractivity contribution is 6.30. The molecule has 0 bridgehead atoms. The van der Waals surface area contributed by atoms with E-state index in [0.717, 1.165) is 0 Å². The van der Waals surface area contributed by atoms with Crippen molar-refractivity contribution in [2.24, 2.45) is 0 Å². The van der Waals surface area contributed by atoms with Gasteiger partial charge in [0.1, 0.15) is 5.69 Å². The number of halogens is 1. The van der Waals surface area contributed by atoms with Crippen LogP contribution in [0.3, 0.4) is 0 Å². The minimum Gasteiger partial charge on any atom is -0.245 e. The van der Waals surface area contributed by atoms with Gasteiger partial charge in [-0.05, 0) is 12.1 Å². The van der Waals surface area contributed by atoms with E-state index in [1.54, 1.807) is 12.1 Å². The molecule has 0 spiro atoms. The predicted octanol–water partition coefficient (Wildman–Crippen LogP) is 2.41. The normalized spacial score (nSPS) is 10.0. The Morgan fingerprint density at radius 2 is 1.62 bits per heavy atom. The van der Waals surface area contributed by atoms with Crippen LogP contribution in [0.1, 0.15) is 11.6 Å². The van der Waals surface area contributed by atoms with E-state index < -0.39 is 5.92 Å². The van der Waals surface area contributed by atoms with E-state index in [-0.39, 0.29) is 10.8 Å². The molecule has 2 aromatic rings. The maximum atomic E-state index is 8.78. The quantitative estimate of drug-likeness (QED) is 0.751. The summed E-state index contributed by atoms with van der Waals surface area (Å²) in [4.78, 5) is 8.27. The highest BCUT2D eigenvalue weighted by Gasteiger charge is 2.17. The zero-order valence-electron chi connectivity index (χ0n) is 8.05. The van der Waals surface area contributed by atoms with Gasteiger partial charge in [0.25, 0.3) is 0 Å². The molecule has 5 heteroatoms. The van der Waals surface area contributed by atoms with Gasteiger partial charge < -0.3 is 0 Å². The second-order valence-electron chi connectivity index (χ2n) is 3.08. The molecule has 0 atom stereocenters. The fraction of sp³-hybridized carbons (Fsp3) is 0.0909. The SMILES string of the molecule is N#CC(C#N)c1nc2ccccc2nc1Cl. The minimum absolute atomic E-state index is 0.104. The van der Waals surface area contributed by atoms with Crippen LogP contribution in [0.4, 0.5) is 0 Å². The Morgan fingerprint density at radius 1 is 1.06 bits per heavy atom. The number of hydrogen-bond donors (Lipinski definition) is 0. The first kappa shape index (κ1) is 10.4. The summed E-state index contributed by atoms with van der Waals surface area (Å²) in [5.74, 6) is -0.982. The van der Waals surface area contributed by atoms with Crippen LogP contribution in [0.15, 0.2) is 24.3 Å². The maximum Gasteiger partial charge on any atom is 0.178 e. The average Bonchev–Trinajstić information content (AvgIpc) is 2.31. The molecular formula is C11H5ClN4. The van der Waals surface area contributed by atoms with Gasteiger partial charge in [-0.25, -0.2) is 9.97 Å². The largest absolute Gasteiger partial charge is 0.245 e. The molecule has 0 amide bonds. The van der Waals surface area contributed by atoms with E-state index in [1.807, 2.05) is 24.3 Å². The number of hydrogen-bond acceptors (Lipinski definition) is 4. The molecule has 16 heavy (non-hydrogen) atoms. The van der Waals surface area contributed by atoms with Crippen molar-refractivity contribution in [1.29, 1.82) is 10.5 Å². The van der Waals surface area contributed by atoms with Crippen LogP contribution in [0, 0.1) is 22.7 Å². The molecule has 0 N–H and O–H groups in total. The van der Waals surface area contributed by atoms with Crippen molar-refractivity contribution in [2.75, 3.05) is 0 Å². The summed E-state index contributed by atoms with van der Waals surface area (Å²) in [7, 11) is 0. The number of benzene rings is 1. The molecule has 1 heterocycles. The van der Waals surface area contributed by atoms with Crippen molar-refractivity contribution >= 4 is 22.6 Å². The minimum atomic E-state index is -0.982. The number of nitriles is 2. The van der Waals surface area contributed by atoms with Gasteiger partial charge in [-0.2, -0.15) is 10.5 Å².